The average molecular weight is 472 g/mol. The number of rotatable bonds is 4. The molecule has 2 aromatic heterocycles. The van der Waals surface area contributed by atoms with Crippen LogP contribution in [0.25, 0.3) is 10.9 Å². The minimum absolute atomic E-state index is 0.443. The second-order valence-corrected chi connectivity index (χ2v) is 13.4. The van der Waals surface area contributed by atoms with E-state index in [0.29, 0.717) is 0 Å². The summed E-state index contributed by atoms with van der Waals surface area (Å²) in [4.78, 5) is 4.72. The molecular formula is C24H34B2O4S2. The smallest absolute Gasteiger partial charge is 0.399 e. The highest BCUT2D eigenvalue weighted by atomic mass is 32.1. The Morgan fingerprint density at radius 1 is 0.562 bits per heavy atom. The SMILES string of the molecule is Cc1ccc(/C(B2OC(C)(C)C(C)(C)O2)=C(/B2OC(C)(C)C(C)(C)O2)c2ccc(C)s2)s1. The van der Waals surface area contributed by atoms with Gasteiger partial charge in [0.15, 0.2) is 0 Å². The summed E-state index contributed by atoms with van der Waals surface area (Å²) in [6, 6.07) is 8.61. The molecule has 0 aliphatic carbocycles. The number of hydrogen-bond acceptors (Lipinski definition) is 6. The Labute approximate surface area is 201 Å². The summed E-state index contributed by atoms with van der Waals surface area (Å²) in [5.74, 6) is 0. The van der Waals surface area contributed by atoms with Crippen molar-refractivity contribution >= 4 is 47.9 Å². The van der Waals surface area contributed by atoms with Crippen molar-refractivity contribution in [2.24, 2.45) is 0 Å². The van der Waals surface area contributed by atoms with E-state index < -0.39 is 36.6 Å². The number of aryl methyl sites for hydroxylation is 2. The molecule has 8 heteroatoms. The summed E-state index contributed by atoms with van der Waals surface area (Å²) >= 11 is 3.49. The molecule has 2 fully saturated rings. The monoisotopic (exact) mass is 472 g/mol. The van der Waals surface area contributed by atoms with Gasteiger partial charge in [-0.3, -0.25) is 0 Å². The lowest BCUT2D eigenvalue weighted by molar-refractivity contribution is 0.00578. The van der Waals surface area contributed by atoms with Crippen molar-refractivity contribution in [3.63, 3.8) is 0 Å². The van der Waals surface area contributed by atoms with Gasteiger partial charge < -0.3 is 18.6 Å². The lowest BCUT2D eigenvalue weighted by Crippen LogP contribution is -2.41. The van der Waals surface area contributed by atoms with Crippen LogP contribution >= 0.6 is 22.7 Å². The van der Waals surface area contributed by atoms with Crippen molar-refractivity contribution in [2.75, 3.05) is 0 Å². The highest BCUT2D eigenvalue weighted by Crippen LogP contribution is 2.48. The zero-order valence-electron chi connectivity index (χ0n) is 20.9. The molecule has 0 N–H and O–H groups in total. The quantitative estimate of drug-likeness (QED) is 0.470. The first kappa shape index (κ1) is 24.2. The number of hydrogen-bond donors (Lipinski definition) is 0. The van der Waals surface area contributed by atoms with Gasteiger partial charge in [-0.1, -0.05) is 0 Å². The molecule has 4 heterocycles. The summed E-state index contributed by atoms with van der Waals surface area (Å²) in [6.07, 6.45) is 0. The first-order valence-corrected chi connectivity index (χ1v) is 12.9. The Bertz CT molecular complexity index is 934. The molecular weight excluding hydrogens is 438 g/mol. The normalized spacial score (nSPS) is 24.2. The van der Waals surface area contributed by atoms with Crippen LogP contribution in [0.3, 0.4) is 0 Å². The largest absolute Gasteiger partial charge is 0.495 e. The van der Waals surface area contributed by atoms with Crippen molar-refractivity contribution < 1.29 is 18.6 Å². The molecule has 32 heavy (non-hydrogen) atoms. The van der Waals surface area contributed by atoms with Crippen molar-refractivity contribution in [2.45, 2.75) is 91.6 Å². The van der Waals surface area contributed by atoms with Crippen molar-refractivity contribution in [1.82, 2.24) is 0 Å². The van der Waals surface area contributed by atoms with Crippen LogP contribution < -0.4 is 0 Å². The van der Waals surface area contributed by atoms with Crippen LogP contribution in [-0.2, 0) is 18.6 Å². The van der Waals surface area contributed by atoms with Gasteiger partial charge in [0.1, 0.15) is 0 Å². The Morgan fingerprint density at radius 2 is 0.844 bits per heavy atom. The number of thiophene rings is 2. The first-order valence-electron chi connectivity index (χ1n) is 11.2. The van der Waals surface area contributed by atoms with E-state index in [2.05, 4.69) is 93.5 Å². The van der Waals surface area contributed by atoms with Crippen molar-refractivity contribution in [3.8, 4) is 0 Å². The van der Waals surface area contributed by atoms with E-state index >= 15 is 0 Å². The molecule has 0 atom stereocenters. The maximum Gasteiger partial charge on any atom is 0.495 e. The van der Waals surface area contributed by atoms with E-state index in [-0.39, 0.29) is 0 Å². The maximum absolute atomic E-state index is 6.58. The molecule has 0 amide bonds. The van der Waals surface area contributed by atoms with Gasteiger partial charge in [0, 0.05) is 30.5 Å². The molecule has 0 radical (unpaired) electrons. The van der Waals surface area contributed by atoms with Gasteiger partial charge in [-0.25, -0.2) is 0 Å². The predicted octanol–water partition coefficient (Wildman–Crippen LogP) is 6.60. The molecule has 172 valence electrons. The Hall–Kier alpha value is -0.890. The van der Waals surface area contributed by atoms with Gasteiger partial charge in [0.05, 0.1) is 22.4 Å². The van der Waals surface area contributed by atoms with Crippen LogP contribution in [0.15, 0.2) is 24.3 Å². The van der Waals surface area contributed by atoms with Crippen molar-refractivity contribution in [3.05, 3.63) is 43.8 Å². The van der Waals surface area contributed by atoms with E-state index in [9.17, 15) is 0 Å². The second-order valence-electron chi connectivity index (χ2n) is 10.8. The molecule has 0 saturated carbocycles. The maximum atomic E-state index is 6.58. The second kappa shape index (κ2) is 7.82. The van der Waals surface area contributed by atoms with Gasteiger partial charge in [-0.15, -0.1) is 22.7 Å². The van der Waals surface area contributed by atoms with Crippen LogP contribution in [0.2, 0.25) is 0 Å². The molecule has 2 aliphatic rings. The van der Waals surface area contributed by atoms with Gasteiger partial charge in [0.25, 0.3) is 0 Å². The zero-order chi connectivity index (χ0) is 23.7. The predicted molar refractivity (Wildman–Crippen MR) is 137 cm³/mol. The summed E-state index contributed by atoms with van der Waals surface area (Å²) in [6.45, 7) is 21.0. The molecule has 2 saturated heterocycles. The molecule has 2 aliphatic heterocycles. The Balaban J connectivity index is 1.95. The van der Waals surface area contributed by atoms with E-state index in [4.69, 9.17) is 18.6 Å². The lowest BCUT2D eigenvalue weighted by Gasteiger charge is -2.32. The summed E-state index contributed by atoms with van der Waals surface area (Å²) < 4.78 is 26.3. The first-order chi connectivity index (χ1) is 14.6. The summed E-state index contributed by atoms with van der Waals surface area (Å²) in [5.41, 5.74) is 0.233. The van der Waals surface area contributed by atoms with Crippen LogP contribution in [0.5, 0.6) is 0 Å². The van der Waals surface area contributed by atoms with Gasteiger partial charge in [-0.05, 0) is 93.5 Å². The third-order valence-electron chi connectivity index (χ3n) is 7.28. The van der Waals surface area contributed by atoms with Crippen LogP contribution in [0, 0.1) is 13.8 Å². The third-order valence-corrected chi connectivity index (χ3v) is 9.35. The Kier molecular flexibility index (Phi) is 5.93. The van der Waals surface area contributed by atoms with Gasteiger partial charge >= 0.3 is 14.2 Å². The van der Waals surface area contributed by atoms with E-state index in [1.165, 1.54) is 9.75 Å². The highest BCUT2D eigenvalue weighted by molar-refractivity contribution is 7.16. The standard InChI is InChI=1S/C24H34B2O4S2/c1-15-11-13-17(31-15)19(25-27-21(3,4)22(5,6)28-25)20(18-14-12-16(2)32-18)26-29-23(7,8)24(9,10)30-26/h11-14H,1-10H3/b20-19-. The zero-order valence-corrected chi connectivity index (χ0v) is 22.5. The molecule has 0 bridgehead atoms. The Morgan fingerprint density at radius 3 is 1.06 bits per heavy atom. The fourth-order valence-corrected chi connectivity index (χ4v) is 5.70. The summed E-state index contributed by atoms with van der Waals surface area (Å²) in [7, 11) is -1.04. The van der Waals surface area contributed by atoms with Crippen LogP contribution in [-0.4, -0.2) is 36.6 Å². The van der Waals surface area contributed by atoms with Crippen LogP contribution in [0.4, 0.5) is 0 Å². The summed E-state index contributed by atoms with van der Waals surface area (Å²) in [5, 5.41) is 0. The van der Waals surface area contributed by atoms with E-state index in [1.807, 2.05) is 0 Å². The van der Waals surface area contributed by atoms with Crippen molar-refractivity contribution in [1.29, 1.82) is 0 Å². The van der Waals surface area contributed by atoms with Gasteiger partial charge in [0.2, 0.25) is 0 Å². The fraction of sp³-hybridized carbons (Fsp3) is 0.583. The molecule has 4 nitrogen and oxygen atoms in total. The lowest BCUT2D eigenvalue weighted by atomic mass is 9.63. The minimum atomic E-state index is -0.519. The van der Waals surface area contributed by atoms with Gasteiger partial charge in [-0.2, -0.15) is 0 Å². The average Bonchev–Trinajstić information content (AvgIpc) is 3.33. The molecule has 0 unspecified atom stereocenters. The van der Waals surface area contributed by atoms with E-state index in [0.717, 1.165) is 20.7 Å². The molecule has 2 aromatic rings. The fourth-order valence-electron chi connectivity index (χ4n) is 3.83. The highest BCUT2D eigenvalue weighted by Gasteiger charge is 2.57. The molecule has 0 aromatic carbocycles. The van der Waals surface area contributed by atoms with Crippen LogP contribution in [0.1, 0.15) is 74.9 Å². The third kappa shape index (κ3) is 4.08. The van der Waals surface area contributed by atoms with E-state index in [1.54, 1.807) is 22.7 Å². The molecule has 4 rings (SSSR count). The molecule has 0 spiro atoms. The topological polar surface area (TPSA) is 36.9 Å². The minimum Gasteiger partial charge on any atom is -0.399 e.